The predicted octanol–water partition coefficient (Wildman–Crippen LogP) is 2.80. The normalized spacial score (nSPS) is 9.53. The van der Waals surface area contributed by atoms with Gasteiger partial charge in [0.05, 0.1) is 0 Å². The number of hydrogen-bond acceptors (Lipinski definition) is 2. The first kappa shape index (κ1) is 11.2. The van der Waals surface area contributed by atoms with Gasteiger partial charge in [-0.2, -0.15) is 0 Å². The number of benzene rings is 1. The summed E-state index contributed by atoms with van der Waals surface area (Å²) in [5.41, 5.74) is 3.32. The Labute approximate surface area is 101 Å². The maximum Gasteiger partial charge on any atom is 0.121 e. The van der Waals surface area contributed by atoms with Gasteiger partial charge in [0.25, 0.3) is 0 Å². The van der Waals surface area contributed by atoms with Crippen LogP contribution < -0.4 is 0 Å². The van der Waals surface area contributed by atoms with Crippen LogP contribution in [0.1, 0.15) is 22.4 Å². The smallest absolute Gasteiger partial charge is 0.121 e. The van der Waals surface area contributed by atoms with E-state index in [0.717, 1.165) is 22.4 Å². The topological polar surface area (TPSA) is 33.1 Å². The highest BCUT2D eigenvalue weighted by Gasteiger charge is 2.01. The molecule has 0 aliphatic heterocycles. The number of hydrogen-bond donors (Lipinski definition) is 1. The first-order chi connectivity index (χ1) is 8.16. The Morgan fingerprint density at radius 1 is 1.06 bits per heavy atom. The van der Waals surface area contributed by atoms with Crippen molar-refractivity contribution in [2.75, 3.05) is 0 Å². The van der Waals surface area contributed by atoms with Crippen molar-refractivity contribution < 1.29 is 5.11 Å². The molecule has 0 aliphatic carbocycles. The highest BCUT2D eigenvalue weighted by molar-refractivity contribution is 5.49. The van der Waals surface area contributed by atoms with Gasteiger partial charge in [0.1, 0.15) is 11.4 Å². The lowest BCUT2D eigenvalue weighted by atomic mass is 10.1. The Kier molecular flexibility index (Phi) is 3.11. The van der Waals surface area contributed by atoms with Crippen molar-refractivity contribution in [3.8, 4) is 17.6 Å². The van der Waals surface area contributed by atoms with Crippen molar-refractivity contribution in [1.82, 2.24) is 4.98 Å². The molecule has 84 valence electrons. The van der Waals surface area contributed by atoms with Gasteiger partial charge in [0.2, 0.25) is 0 Å². The van der Waals surface area contributed by atoms with E-state index in [0.29, 0.717) is 5.75 Å². The lowest BCUT2D eigenvalue weighted by Crippen LogP contribution is -1.85. The lowest BCUT2D eigenvalue weighted by Gasteiger charge is -2.03. The fourth-order valence-electron chi connectivity index (χ4n) is 1.60. The van der Waals surface area contributed by atoms with Crippen molar-refractivity contribution in [2.24, 2.45) is 0 Å². The second-order valence-corrected chi connectivity index (χ2v) is 3.92. The fourth-order valence-corrected chi connectivity index (χ4v) is 1.60. The molecule has 17 heavy (non-hydrogen) atoms. The van der Waals surface area contributed by atoms with E-state index in [1.165, 1.54) is 0 Å². The molecule has 2 rings (SSSR count). The number of aromatic hydroxyl groups is 1. The molecule has 2 aromatic rings. The van der Waals surface area contributed by atoms with E-state index in [2.05, 4.69) is 16.8 Å². The SMILES string of the molecule is Cc1cc(C#Cc2ccccn2)cc(C)c1O. The molecule has 0 saturated heterocycles. The number of nitrogens with zero attached hydrogens (tertiary/aromatic N) is 1. The van der Waals surface area contributed by atoms with E-state index in [1.54, 1.807) is 6.20 Å². The Bertz CT molecular complexity index is 568. The molecule has 1 aromatic heterocycles. The molecule has 0 unspecified atom stereocenters. The van der Waals surface area contributed by atoms with Gasteiger partial charge in [-0.3, -0.25) is 0 Å². The molecule has 0 fully saturated rings. The first-order valence-corrected chi connectivity index (χ1v) is 5.40. The number of aryl methyl sites for hydroxylation is 2. The quantitative estimate of drug-likeness (QED) is 0.697. The van der Waals surface area contributed by atoms with Crippen LogP contribution in [0.15, 0.2) is 36.5 Å². The van der Waals surface area contributed by atoms with E-state index < -0.39 is 0 Å². The summed E-state index contributed by atoms with van der Waals surface area (Å²) in [6, 6.07) is 9.38. The van der Waals surface area contributed by atoms with Crippen LogP contribution >= 0.6 is 0 Å². The predicted molar refractivity (Wildman–Crippen MR) is 67.8 cm³/mol. The molecule has 1 aromatic carbocycles. The summed E-state index contributed by atoms with van der Waals surface area (Å²) in [6.45, 7) is 3.74. The van der Waals surface area contributed by atoms with Crippen LogP contribution in [0.25, 0.3) is 0 Å². The largest absolute Gasteiger partial charge is 0.507 e. The maximum absolute atomic E-state index is 9.66. The van der Waals surface area contributed by atoms with Crippen LogP contribution in [0.3, 0.4) is 0 Å². The molecule has 1 N–H and O–H groups in total. The molecular weight excluding hydrogens is 210 g/mol. The van der Waals surface area contributed by atoms with Crippen LogP contribution in [0, 0.1) is 25.7 Å². The fraction of sp³-hybridized carbons (Fsp3) is 0.133. The zero-order chi connectivity index (χ0) is 12.3. The molecule has 1 heterocycles. The Morgan fingerprint density at radius 2 is 1.76 bits per heavy atom. The minimum Gasteiger partial charge on any atom is -0.507 e. The van der Waals surface area contributed by atoms with Gasteiger partial charge in [0, 0.05) is 11.8 Å². The van der Waals surface area contributed by atoms with Gasteiger partial charge >= 0.3 is 0 Å². The number of aromatic nitrogens is 1. The second kappa shape index (κ2) is 4.71. The van der Waals surface area contributed by atoms with Gasteiger partial charge in [-0.05, 0) is 55.2 Å². The molecule has 0 atom stereocenters. The first-order valence-electron chi connectivity index (χ1n) is 5.40. The summed E-state index contributed by atoms with van der Waals surface area (Å²) >= 11 is 0. The van der Waals surface area contributed by atoms with Crippen molar-refractivity contribution in [2.45, 2.75) is 13.8 Å². The molecule has 0 radical (unpaired) electrons. The van der Waals surface area contributed by atoms with Crippen LogP contribution in [0.2, 0.25) is 0 Å². The average molecular weight is 223 g/mol. The van der Waals surface area contributed by atoms with Crippen molar-refractivity contribution in [1.29, 1.82) is 0 Å². The second-order valence-electron chi connectivity index (χ2n) is 3.92. The Balaban J connectivity index is 2.35. The summed E-state index contributed by atoms with van der Waals surface area (Å²) in [7, 11) is 0. The molecule has 0 aliphatic rings. The number of pyridine rings is 1. The summed E-state index contributed by atoms with van der Waals surface area (Å²) in [6.07, 6.45) is 1.72. The molecule has 0 bridgehead atoms. The van der Waals surface area contributed by atoms with Crippen LogP contribution in [0.4, 0.5) is 0 Å². The molecular formula is C15H13NO. The molecule has 0 amide bonds. The van der Waals surface area contributed by atoms with E-state index in [9.17, 15) is 5.11 Å². The van der Waals surface area contributed by atoms with E-state index >= 15 is 0 Å². The minimum absolute atomic E-state index is 0.341. The highest BCUT2D eigenvalue weighted by Crippen LogP contribution is 2.22. The number of phenols is 1. The summed E-state index contributed by atoms with van der Waals surface area (Å²) in [5, 5.41) is 9.66. The molecule has 0 spiro atoms. The Morgan fingerprint density at radius 3 is 2.35 bits per heavy atom. The third-order valence-corrected chi connectivity index (χ3v) is 2.49. The molecule has 0 saturated carbocycles. The maximum atomic E-state index is 9.66. The van der Waals surface area contributed by atoms with Gasteiger partial charge in [-0.1, -0.05) is 12.0 Å². The highest BCUT2D eigenvalue weighted by atomic mass is 16.3. The van der Waals surface area contributed by atoms with Gasteiger partial charge in [-0.25, -0.2) is 4.98 Å². The summed E-state index contributed by atoms with van der Waals surface area (Å²) in [4.78, 5) is 4.13. The van der Waals surface area contributed by atoms with Crippen LogP contribution in [-0.4, -0.2) is 10.1 Å². The monoisotopic (exact) mass is 223 g/mol. The Hall–Kier alpha value is -2.27. The standard InChI is InChI=1S/C15H13NO/c1-11-9-13(10-12(2)15(11)17)6-7-14-5-3-4-8-16-14/h3-5,8-10,17H,1-2H3. The average Bonchev–Trinajstić information content (AvgIpc) is 2.34. The third kappa shape index (κ3) is 2.64. The number of rotatable bonds is 0. The zero-order valence-electron chi connectivity index (χ0n) is 9.86. The summed E-state index contributed by atoms with van der Waals surface area (Å²) in [5.74, 6) is 6.38. The minimum atomic E-state index is 0.341. The van der Waals surface area contributed by atoms with Crippen LogP contribution in [0.5, 0.6) is 5.75 Å². The van der Waals surface area contributed by atoms with Crippen molar-refractivity contribution in [3.05, 3.63) is 58.9 Å². The summed E-state index contributed by atoms with van der Waals surface area (Å²) < 4.78 is 0. The van der Waals surface area contributed by atoms with E-state index in [-0.39, 0.29) is 0 Å². The van der Waals surface area contributed by atoms with Crippen molar-refractivity contribution in [3.63, 3.8) is 0 Å². The zero-order valence-corrected chi connectivity index (χ0v) is 9.86. The van der Waals surface area contributed by atoms with Crippen LogP contribution in [-0.2, 0) is 0 Å². The molecule has 2 heteroatoms. The number of phenolic OH excluding ortho intramolecular Hbond substituents is 1. The van der Waals surface area contributed by atoms with E-state index in [4.69, 9.17) is 0 Å². The third-order valence-electron chi connectivity index (χ3n) is 2.49. The van der Waals surface area contributed by atoms with Gasteiger partial charge in [-0.15, -0.1) is 0 Å². The molecule has 2 nitrogen and oxygen atoms in total. The van der Waals surface area contributed by atoms with Gasteiger partial charge < -0.3 is 5.11 Å². The lowest BCUT2D eigenvalue weighted by molar-refractivity contribution is 0.467. The van der Waals surface area contributed by atoms with E-state index in [1.807, 2.05) is 44.2 Å². The van der Waals surface area contributed by atoms with Crippen molar-refractivity contribution >= 4 is 0 Å². The van der Waals surface area contributed by atoms with Gasteiger partial charge in [0.15, 0.2) is 0 Å².